The van der Waals surface area contributed by atoms with Gasteiger partial charge in [-0.3, -0.25) is 10.1 Å². The Kier molecular flexibility index (Phi) is 3.57. The zero-order valence-electron chi connectivity index (χ0n) is 13.8. The highest BCUT2D eigenvalue weighted by Gasteiger charge is 2.43. The summed E-state index contributed by atoms with van der Waals surface area (Å²) in [5.41, 5.74) is 1.69. The van der Waals surface area contributed by atoms with Gasteiger partial charge in [0.25, 0.3) is 5.91 Å². The van der Waals surface area contributed by atoms with Gasteiger partial charge in [-0.05, 0) is 18.5 Å². The summed E-state index contributed by atoms with van der Waals surface area (Å²) in [4.78, 5) is 24.5. The number of carbonyl (C=O) groups excluding carboxylic acids is 1. The van der Waals surface area contributed by atoms with Crippen LogP contribution in [0, 0.1) is 6.92 Å². The lowest BCUT2D eigenvalue weighted by Crippen LogP contribution is -2.25. The minimum atomic E-state index is -3.70. The first kappa shape index (κ1) is 16.9. The van der Waals surface area contributed by atoms with E-state index in [1.165, 1.54) is 35.0 Å². The molecule has 0 spiro atoms. The summed E-state index contributed by atoms with van der Waals surface area (Å²) >= 11 is 2.51. The summed E-state index contributed by atoms with van der Waals surface area (Å²) in [6.45, 7) is 1.81. The van der Waals surface area contributed by atoms with Crippen molar-refractivity contribution < 1.29 is 23.0 Å². The highest BCUT2D eigenvalue weighted by molar-refractivity contribution is 7.18. The van der Waals surface area contributed by atoms with E-state index in [1.54, 1.807) is 5.38 Å². The second-order valence-electron chi connectivity index (χ2n) is 5.75. The van der Waals surface area contributed by atoms with Gasteiger partial charge in [-0.15, -0.1) is 25.2 Å². The van der Waals surface area contributed by atoms with Crippen molar-refractivity contribution in [1.82, 2.24) is 24.5 Å². The summed E-state index contributed by atoms with van der Waals surface area (Å²) in [7, 11) is 0. The van der Waals surface area contributed by atoms with E-state index >= 15 is 0 Å². The van der Waals surface area contributed by atoms with Crippen LogP contribution in [0.15, 0.2) is 17.5 Å². The Labute approximate surface area is 162 Å². The number of halogens is 2. The van der Waals surface area contributed by atoms with Crippen molar-refractivity contribution in [2.45, 2.75) is 13.2 Å². The van der Waals surface area contributed by atoms with E-state index in [0.717, 1.165) is 10.6 Å². The van der Waals surface area contributed by atoms with Gasteiger partial charge in [0.15, 0.2) is 11.5 Å². The zero-order chi connectivity index (χ0) is 19.5. The summed E-state index contributed by atoms with van der Waals surface area (Å²) in [6, 6.07) is 2.63. The summed E-state index contributed by atoms with van der Waals surface area (Å²) in [6.07, 6.45) is -3.70. The highest BCUT2D eigenvalue weighted by atomic mass is 32.1. The number of hydrogen-bond donors (Lipinski definition) is 2. The number of aryl methyl sites for hydroxylation is 1. The molecule has 28 heavy (non-hydrogen) atoms. The lowest BCUT2D eigenvalue weighted by Gasteiger charge is -2.04. The van der Waals surface area contributed by atoms with Crippen molar-refractivity contribution in [3.05, 3.63) is 28.9 Å². The number of thiazole rings is 1. The maximum absolute atomic E-state index is 13.1. The van der Waals surface area contributed by atoms with Gasteiger partial charge >= 0.3 is 6.29 Å². The molecule has 3 aromatic heterocycles. The number of aromatic amines is 1. The van der Waals surface area contributed by atoms with Gasteiger partial charge in [-0.2, -0.15) is 0 Å². The molecule has 142 valence electrons. The van der Waals surface area contributed by atoms with Crippen LogP contribution >= 0.6 is 22.9 Å². The van der Waals surface area contributed by atoms with Gasteiger partial charge in [-0.25, -0.2) is 9.97 Å². The fourth-order valence-corrected chi connectivity index (χ4v) is 4.18. The van der Waals surface area contributed by atoms with E-state index in [4.69, 9.17) is 0 Å². The molecule has 0 saturated heterocycles. The van der Waals surface area contributed by atoms with Crippen LogP contribution in [0.25, 0.3) is 20.9 Å². The van der Waals surface area contributed by atoms with Crippen LogP contribution in [-0.4, -0.2) is 36.7 Å². The Morgan fingerprint density at radius 3 is 2.79 bits per heavy atom. The molecule has 0 radical (unpaired) electrons. The molecule has 4 heterocycles. The summed E-state index contributed by atoms with van der Waals surface area (Å²) in [5, 5.41) is 8.78. The van der Waals surface area contributed by atoms with Crippen molar-refractivity contribution in [3.8, 4) is 21.4 Å². The number of aromatic nitrogens is 5. The van der Waals surface area contributed by atoms with Crippen molar-refractivity contribution in [1.29, 1.82) is 0 Å². The molecule has 1 amide bonds. The molecule has 0 bridgehead atoms. The molecule has 13 heteroatoms. The average molecular weight is 422 g/mol. The number of ether oxygens (including phenoxy) is 2. The molecule has 2 N–H and O–H groups in total. The van der Waals surface area contributed by atoms with E-state index in [1.807, 2.05) is 6.92 Å². The quantitative estimate of drug-likeness (QED) is 0.520. The molecule has 0 unspecified atom stereocenters. The molecule has 1 aromatic carbocycles. The van der Waals surface area contributed by atoms with Crippen molar-refractivity contribution in [2.75, 3.05) is 5.32 Å². The first-order chi connectivity index (χ1) is 13.4. The standard InChI is InChI=1S/C15H8F2N6O3S2/c1-5-11(28-23-22-5)13-18-8(4-27-13)12(24)21-14-19-6-2-9-10(3-7(6)20-14)26-15(16,17)25-9/h2-4H,1H3,(H2,19,20,21,24). The van der Waals surface area contributed by atoms with Crippen molar-refractivity contribution >= 4 is 45.8 Å². The van der Waals surface area contributed by atoms with E-state index in [9.17, 15) is 13.6 Å². The van der Waals surface area contributed by atoms with Crippen LogP contribution in [0.5, 0.6) is 11.5 Å². The predicted octanol–water partition coefficient (Wildman–Crippen LogP) is 3.42. The number of carbonyl (C=O) groups is 1. The molecule has 0 aliphatic carbocycles. The Balaban J connectivity index is 1.38. The smallest absolute Gasteiger partial charge is 0.395 e. The molecular weight excluding hydrogens is 414 g/mol. The first-order valence-electron chi connectivity index (χ1n) is 7.74. The molecule has 1 aliphatic heterocycles. The lowest BCUT2D eigenvalue weighted by molar-refractivity contribution is -0.286. The SMILES string of the molecule is Cc1nnsc1-c1nc(C(=O)Nc2nc3cc4c(cc3[nH]2)OC(F)(F)O4)cs1. The van der Waals surface area contributed by atoms with E-state index in [0.29, 0.717) is 16.0 Å². The number of benzene rings is 1. The molecule has 9 nitrogen and oxygen atoms in total. The fourth-order valence-electron chi connectivity index (χ4n) is 2.60. The number of nitrogens with one attached hydrogen (secondary N) is 2. The number of fused-ring (bicyclic) bond motifs is 2. The largest absolute Gasteiger partial charge is 0.586 e. The van der Waals surface area contributed by atoms with Crippen molar-refractivity contribution in [3.63, 3.8) is 0 Å². The second kappa shape index (κ2) is 5.90. The maximum Gasteiger partial charge on any atom is 0.586 e. The van der Waals surface area contributed by atoms with E-state index in [2.05, 4.69) is 39.3 Å². The Hall–Kier alpha value is -3.19. The number of imidazole rings is 1. The van der Waals surface area contributed by atoms with Crippen LogP contribution in [-0.2, 0) is 0 Å². The molecule has 0 fully saturated rings. The van der Waals surface area contributed by atoms with Crippen molar-refractivity contribution in [2.24, 2.45) is 0 Å². The second-order valence-corrected chi connectivity index (χ2v) is 7.36. The topological polar surface area (TPSA) is 115 Å². The lowest BCUT2D eigenvalue weighted by atomic mass is 10.3. The minimum absolute atomic E-state index is 0.114. The Morgan fingerprint density at radius 2 is 2.04 bits per heavy atom. The van der Waals surface area contributed by atoms with Crippen LogP contribution in [0.4, 0.5) is 14.7 Å². The zero-order valence-corrected chi connectivity index (χ0v) is 15.5. The maximum atomic E-state index is 13.1. The van der Waals surface area contributed by atoms with Gasteiger partial charge in [0.2, 0.25) is 5.95 Å². The van der Waals surface area contributed by atoms with E-state index < -0.39 is 12.2 Å². The van der Waals surface area contributed by atoms with Crippen LogP contribution < -0.4 is 14.8 Å². The average Bonchev–Trinajstić information content (AvgIpc) is 3.36. The molecule has 4 aromatic rings. The number of rotatable bonds is 3. The van der Waals surface area contributed by atoms with Gasteiger partial charge in [0.1, 0.15) is 15.6 Å². The normalized spacial score (nSPS) is 14.5. The van der Waals surface area contributed by atoms with Crippen LogP contribution in [0.1, 0.15) is 16.2 Å². The van der Waals surface area contributed by atoms with Gasteiger partial charge in [0.05, 0.1) is 16.7 Å². The third-order valence-electron chi connectivity index (χ3n) is 3.82. The van der Waals surface area contributed by atoms with Crippen LogP contribution in [0.3, 0.4) is 0 Å². The molecule has 5 rings (SSSR count). The number of hydrogen-bond acceptors (Lipinski definition) is 9. The Bertz CT molecular complexity index is 1190. The number of H-pyrrole nitrogens is 1. The van der Waals surface area contributed by atoms with Crippen LogP contribution in [0.2, 0.25) is 0 Å². The van der Waals surface area contributed by atoms with Gasteiger partial charge in [0, 0.05) is 17.5 Å². The predicted molar refractivity (Wildman–Crippen MR) is 96.0 cm³/mol. The summed E-state index contributed by atoms with van der Waals surface area (Å²) in [5.74, 6) is -0.569. The number of alkyl halides is 2. The summed E-state index contributed by atoms with van der Waals surface area (Å²) < 4.78 is 38.9. The first-order valence-corrected chi connectivity index (χ1v) is 9.39. The number of anilines is 1. The number of nitrogens with zero attached hydrogens (tertiary/aromatic N) is 4. The molecular formula is C15H8F2N6O3S2. The number of amides is 1. The van der Waals surface area contributed by atoms with Gasteiger partial charge < -0.3 is 14.5 Å². The monoisotopic (exact) mass is 422 g/mol. The highest BCUT2D eigenvalue weighted by Crippen LogP contribution is 2.43. The fraction of sp³-hybridized carbons (Fsp3) is 0.133. The third kappa shape index (κ3) is 2.84. The minimum Gasteiger partial charge on any atom is -0.395 e. The third-order valence-corrected chi connectivity index (χ3v) is 5.64. The molecule has 0 saturated carbocycles. The van der Waals surface area contributed by atoms with Gasteiger partial charge in [-0.1, -0.05) is 4.49 Å². The Morgan fingerprint density at radius 1 is 1.25 bits per heavy atom. The molecule has 0 atom stereocenters. The van der Waals surface area contributed by atoms with E-state index in [-0.39, 0.29) is 23.1 Å². The molecule has 1 aliphatic rings.